The lowest BCUT2D eigenvalue weighted by molar-refractivity contribution is -0.131. The third-order valence-corrected chi connectivity index (χ3v) is 6.39. The first-order chi connectivity index (χ1) is 14.2. The molecule has 2 N–H and O–H groups in total. The van der Waals surface area contributed by atoms with Gasteiger partial charge in [-0.25, -0.2) is 4.79 Å². The summed E-state index contributed by atoms with van der Waals surface area (Å²) in [7, 11) is 1.68. The molecule has 1 unspecified atom stereocenters. The van der Waals surface area contributed by atoms with Gasteiger partial charge in [0.1, 0.15) is 24.0 Å². The molecule has 1 saturated heterocycles. The molecule has 1 aromatic heterocycles. The monoisotopic (exact) mass is 412 g/mol. The van der Waals surface area contributed by atoms with Gasteiger partial charge in [0.15, 0.2) is 5.78 Å². The Hall–Kier alpha value is -2.74. The summed E-state index contributed by atoms with van der Waals surface area (Å²) < 4.78 is 7.04. The zero-order valence-electron chi connectivity index (χ0n) is 17.7. The predicted octanol–water partition coefficient (Wildman–Crippen LogP) is 1.91. The first-order valence-corrected chi connectivity index (χ1v) is 10.5. The number of carbonyl (C=O) groups excluding carboxylic acids is 2. The number of anilines is 1. The summed E-state index contributed by atoms with van der Waals surface area (Å²) in [6.45, 7) is 3.61. The minimum absolute atomic E-state index is 0.000699. The van der Waals surface area contributed by atoms with Crippen molar-refractivity contribution in [2.45, 2.75) is 63.1 Å². The zero-order valence-corrected chi connectivity index (χ0v) is 17.7. The summed E-state index contributed by atoms with van der Waals surface area (Å²) in [6, 6.07) is 6.79. The second-order valence-corrected chi connectivity index (χ2v) is 8.85. The van der Waals surface area contributed by atoms with E-state index >= 15 is 0 Å². The van der Waals surface area contributed by atoms with Crippen molar-refractivity contribution in [2.24, 2.45) is 7.05 Å². The lowest BCUT2D eigenvalue weighted by Crippen LogP contribution is -2.60. The van der Waals surface area contributed by atoms with Crippen molar-refractivity contribution in [2.75, 3.05) is 11.9 Å². The van der Waals surface area contributed by atoms with Gasteiger partial charge in [-0.05, 0) is 38.8 Å². The van der Waals surface area contributed by atoms with Gasteiger partial charge in [-0.15, -0.1) is 0 Å². The minimum Gasteiger partial charge on any atom is -0.365 e. The normalized spacial score (nSPS) is 22.8. The smallest absolute Gasteiger partial charge is 0.349 e. The number of amides is 1. The number of fused-ring (bicyclic) bond motifs is 1. The molecule has 0 bridgehead atoms. The Balaban J connectivity index is 1.71. The van der Waals surface area contributed by atoms with Crippen molar-refractivity contribution in [3.8, 4) is 0 Å². The largest absolute Gasteiger partial charge is 0.365 e. The number of benzene rings is 1. The van der Waals surface area contributed by atoms with E-state index in [1.807, 2.05) is 24.3 Å². The Kier molecular flexibility index (Phi) is 5.13. The molecule has 30 heavy (non-hydrogen) atoms. The van der Waals surface area contributed by atoms with Crippen LogP contribution in [-0.4, -0.2) is 45.0 Å². The fraction of sp³-hybridized carbons (Fsp3) is 0.545. The van der Waals surface area contributed by atoms with Crippen LogP contribution in [0.4, 0.5) is 5.82 Å². The lowest BCUT2D eigenvalue weighted by Gasteiger charge is -2.39. The van der Waals surface area contributed by atoms with Crippen molar-refractivity contribution in [3.63, 3.8) is 0 Å². The van der Waals surface area contributed by atoms with E-state index in [9.17, 15) is 14.4 Å². The summed E-state index contributed by atoms with van der Waals surface area (Å²) >= 11 is 0. The minimum atomic E-state index is -0.931. The molecule has 1 aromatic carbocycles. The third kappa shape index (κ3) is 3.49. The Morgan fingerprint density at radius 3 is 2.53 bits per heavy atom. The summed E-state index contributed by atoms with van der Waals surface area (Å²) in [6.07, 6.45) is 4.00. The molecule has 8 heteroatoms. The average Bonchev–Trinajstić information content (AvgIpc) is 2.99. The molecule has 1 amide bonds. The summed E-state index contributed by atoms with van der Waals surface area (Å²) in [5.74, 6) is 0.0288. The first kappa shape index (κ1) is 20.5. The molecule has 2 fully saturated rings. The van der Waals surface area contributed by atoms with Crippen LogP contribution in [0.5, 0.6) is 0 Å². The van der Waals surface area contributed by atoms with Crippen LogP contribution in [0.1, 0.15) is 46.0 Å². The summed E-state index contributed by atoms with van der Waals surface area (Å²) in [5, 5.41) is 7.05. The predicted molar refractivity (Wildman–Crippen MR) is 113 cm³/mol. The molecule has 4 rings (SSSR count). The molecule has 2 heterocycles. The number of nitrogens with zero attached hydrogens (tertiary/aromatic N) is 2. The van der Waals surface area contributed by atoms with Gasteiger partial charge in [0.2, 0.25) is 5.91 Å². The van der Waals surface area contributed by atoms with Crippen LogP contribution in [0.25, 0.3) is 10.9 Å². The Morgan fingerprint density at radius 1 is 1.17 bits per heavy atom. The van der Waals surface area contributed by atoms with Crippen LogP contribution in [0.3, 0.4) is 0 Å². The topological polar surface area (TPSA) is 102 Å². The number of rotatable bonds is 4. The third-order valence-electron chi connectivity index (χ3n) is 6.39. The van der Waals surface area contributed by atoms with Crippen LogP contribution >= 0.6 is 0 Å². The standard InChI is InChI=1S/C22H28N4O4/c1-21(2)17(16(27)13-30-21)23-19(28)22(11-7-4-8-12-22)25-18-14-9-5-6-10-15(14)26(3)20(29)24-18/h5-6,9-10,17H,4,7-8,11-13H2,1-3H3,(H,23,28)(H,24,25,29). The molecule has 1 atom stereocenters. The summed E-state index contributed by atoms with van der Waals surface area (Å²) in [5.41, 5.74) is -1.33. The molecule has 1 aliphatic heterocycles. The number of aryl methyl sites for hydroxylation is 1. The molecule has 2 aromatic rings. The highest BCUT2D eigenvalue weighted by Gasteiger charge is 2.47. The molecule has 1 aliphatic carbocycles. The maximum atomic E-state index is 13.5. The maximum Gasteiger partial charge on any atom is 0.349 e. The molecular weight excluding hydrogens is 384 g/mol. The fourth-order valence-electron chi connectivity index (χ4n) is 4.52. The molecule has 0 spiro atoms. The van der Waals surface area contributed by atoms with E-state index in [-0.39, 0.29) is 24.0 Å². The van der Waals surface area contributed by atoms with Crippen LogP contribution in [0.2, 0.25) is 0 Å². The van der Waals surface area contributed by atoms with Crippen molar-refractivity contribution in [1.29, 1.82) is 0 Å². The fourth-order valence-corrected chi connectivity index (χ4v) is 4.52. The summed E-state index contributed by atoms with van der Waals surface area (Å²) in [4.78, 5) is 42.5. The lowest BCUT2D eigenvalue weighted by atomic mass is 9.80. The van der Waals surface area contributed by atoms with E-state index in [1.54, 1.807) is 20.9 Å². The van der Waals surface area contributed by atoms with Gasteiger partial charge in [-0.1, -0.05) is 31.4 Å². The van der Waals surface area contributed by atoms with Gasteiger partial charge in [0, 0.05) is 12.4 Å². The number of ketones is 1. The van der Waals surface area contributed by atoms with Gasteiger partial charge in [-0.2, -0.15) is 4.98 Å². The van der Waals surface area contributed by atoms with Crippen LogP contribution in [-0.2, 0) is 21.4 Å². The molecule has 1 saturated carbocycles. The van der Waals surface area contributed by atoms with E-state index < -0.39 is 17.2 Å². The Labute approximate surface area is 175 Å². The number of hydrogen-bond donors (Lipinski definition) is 2. The molecular formula is C22H28N4O4. The van der Waals surface area contributed by atoms with E-state index in [0.29, 0.717) is 18.7 Å². The van der Waals surface area contributed by atoms with Crippen molar-refractivity contribution < 1.29 is 14.3 Å². The van der Waals surface area contributed by atoms with Gasteiger partial charge in [-0.3, -0.25) is 14.2 Å². The van der Waals surface area contributed by atoms with E-state index in [1.165, 1.54) is 4.57 Å². The molecule has 160 valence electrons. The van der Waals surface area contributed by atoms with E-state index in [0.717, 1.165) is 30.2 Å². The van der Waals surface area contributed by atoms with E-state index in [2.05, 4.69) is 15.6 Å². The second-order valence-electron chi connectivity index (χ2n) is 8.85. The van der Waals surface area contributed by atoms with Crippen LogP contribution in [0.15, 0.2) is 29.1 Å². The van der Waals surface area contributed by atoms with E-state index in [4.69, 9.17) is 4.74 Å². The highest BCUT2D eigenvalue weighted by Crippen LogP contribution is 2.34. The van der Waals surface area contributed by atoms with Gasteiger partial charge < -0.3 is 15.4 Å². The van der Waals surface area contributed by atoms with Gasteiger partial charge >= 0.3 is 5.69 Å². The number of aromatic nitrogens is 2. The van der Waals surface area contributed by atoms with Crippen LogP contribution in [0, 0.1) is 0 Å². The molecule has 2 aliphatic rings. The molecule has 0 radical (unpaired) electrons. The van der Waals surface area contributed by atoms with Crippen molar-refractivity contribution in [1.82, 2.24) is 14.9 Å². The first-order valence-electron chi connectivity index (χ1n) is 10.5. The van der Waals surface area contributed by atoms with Crippen molar-refractivity contribution >= 4 is 28.4 Å². The average molecular weight is 412 g/mol. The second kappa shape index (κ2) is 7.50. The number of para-hydroxylation sites is 1. The number of carbonyl (C=O) groups is 2. The Bertz CT molecular complexity index is 1050. The number of nitrogens with one attached hydrogen (secondary N) is 2. The Morgan fingerprint density at radius 2 is 1.87 bits per heavy atom. The van der Waals surface area contributed by atoms with Crippen LogP contribution < -0.4 is 16.3 Å². The number of Topliss-reactive ketones (excluding diaryl/α,β-unsaturated/α-hetero) is 1. The highest BCUT2D eigenvalue weighted by molar-refractivity contribution is 5.98. The van der Waals surface area contributed by atoms with Gasteiger partial charge in [0.25, 0.3) is 0 Å². The molecule has 8 nitrogen and oxygen atoms in total. The maximum absolute atomic E-state index is 13.5. The van der Waals surface area contributed by atoms with Gasteiger partial charge in [0.05, 0.1) is 11.1 Å². The SMILES string of the molecule is Cn1c(=O)nc(NC2(C(=O)NC3C(=O)COC3(C)C)CCCCC2)c2ccccc21. The zero-order chi connectivity index (χ0) is 21.5. The quantitative estimate of drug-likeness (QED) is 0.795. The number of ether oxygens (including phenoxy) is 1. The number of hydrogen-bond acceptors (Lipinski definition) is 6. The highest BCUT2D eigenvalue weighted by atomic mass is 16.5. The van der Waals surface area contributed by atoms with Crippen molar-refractivity contribution in [3.05, 3.63) is 34.7 Å².